The van der Waals surface area contributed by atoms with Gasteiger partial charge in [0.25, 0.3) is 0 Å². The summed E-state index contributed by atoms with van der Waals surface area (Å²) in [4.78, 5) is 13.7. The Morgan fingerprint density at radius 2 is 1.86 bits per heavy atom. The van der Waals surface area contributed by atoms with Crippen molar-refractivity contribution < 1.29 is 0 Å². The van der Waals surface area contributed by atoms with E-state index in [-0.39, 0.29) is 0 Å². The molecular weight excluding hydrogens is 260 g/mol. The maximum atomic E-state index is 4.67. The molecule has 2 heterocycles. The minimum atomic E-state index is 0.581. The smallest absolute Gasteiger partial charge is 0.134 e. The molecule has 2 rings (SSSR count). The van der Waals surface area contributed by atoms with E-state index in [1.54, 1.807) is 0 Å². The summed E-state index contributed by atoms with van der Waals surface area (Å²) in [6.45, 7) is 7.42. The van der Waals surface area contributed by atoms with Gasteiger partial charge in [-0.25, -0.2) is 9.97 Å². The van der Waals surface area contributed by atoms with Crippen LogP contribution in [0.5, 0.6) is 0 Å². The van der Waals surface area contributed by atoms with E-state index in [1.165, 1.54) is 5.56 Å². The van der Waals surface area contributed by atoms with Crippen molar-refractivity contribution in [3.8, 4) is 0 Å². The lowest BCUT2D eigenvalue weighted by molar-refractivity contribution is 0.536. The summed E-state index contributed by atoms with van der Waals surface area (Å²) < 4.78 is 0. The van der Waals surface area contributed by atoms with Crippen LogP contribution in [0.25, 0.3) is 0 Å². The molecule has 0 aromatic carbocycles. The molecule has 4 nitrogen and oxygen atoms in total. The van der Waals surface area contributed by atoms with Crippen molar-refractivity contribution in [3.63, 3.8) is 0 Å². The van der Waals surface area contributed by atoms with Gasteiger partial charge in [0, 0.05) is 23.3 Å². The molecule has 0 spiro atoms. The monoisotopic (exact) mass is 284 g/mol. The molecule has 0 saturated heterocycles. The van der Waals surface area contributed by atoms with Gasteiger partial charge in [0.15, 0.2) is 0 Å². The highest BCUT2D eigenvalue weighted by atomic mass is 14.9. The lowest BCUT2D eigenvalue weighted by atomic mass is 9.98. The van der Waals surface area contributed by atoms with E-state index in [1.807, 2.05) is 31.4 Å². The Kier molecular flexibility index (Phi) is 5.39. The molecule has 2 aromatic heterocycles. The van der Waals surface area contributed by atoms with E-state index in [0.29, 0.717) is 12.3 Å². The van der Waals surface area contributed by atoms with Crippen LogP contribution in [0.4, 0.5) is 0 Å². The average Bonchev–Trinajstić information content (AvgIpc) is 2.44. The fourth-order valence-corrected chi connectivity index (χ4v) is 2.62. The lowest BCUT2D eigenvalue weighted by Gasteiger charge is -2.15. The summed E-state index contributed by atoms with van der Waals surface area (Å²) >= 11 is 0. The summed E-state index contributed by atoms with van der Waals surface area (Å²) in [6, 6.07) is 5.93. The first-order chi connectivity index (χ1) is 10.1. The molecule has 21 heavy (non-hydrogen) atoms. The van der Waals surface area contributed by atoms with Crippen LogP contribution in [0, 0.1) is 19.8 Å². The minimum Gasteiger partial charge on any atom is -0.319 e. The van der Waals surface area contributed by atoms with Crippen molar-refractivity contribution in [3.05, 3.63) is 52.9 Å². The van der Waals surface area contributed by atoms with Gasteiger partial charge in [0.05, 0.1) is 6.42 Å². The molecule has 1 unspecified atom stereocenters. The molecule has 0 bridgehead atoms. The van der Waals surface area contributed by atoms with Crippen molar-refractivity contribution in [2.24, 2.45) is 5.92 Å². The minimum absolute atomic E-state index is 0.581. The highest BCUT2D eigenvalue weighted by molar-refractivity contribution is 5.26. The van der Waals surface area contributed by atoms with Gasteiger partial charge in [0.2, 0.25) is 0 Å². The molecule has 1 atom stereocenters. The van der Waals surface area contributed by atoms with Crippen LogP contribution in [0.2, 0.25) is 0 Å². The summed E-state index contributed by atoms with van der Waals surface area (Å²) in [5.74, 6) is 1.44. The van der Waals surface area contributed by atoms with E-state index < -0.39 is 0 Å². The first-order valence-electron chi connectivity index (χ1n) is 7.47. The van der Waals surface area contributed by atoms with Gasteiger partial charge in [-0.2, -0.15) is 0 Å². The van der Waals surface area contributed by atoms with Gasteiger partial charge in [0.1, 0.15) is 5.82 Å². The molecule has 2 aromatic rings. The maximum absolute atomic E-state index is 4.67. The molecular formula is C17H24N4. The predicted octanol–water partition coefficient (Wildman–Crippen LogP) is 2.48. The van der Waals surface area contributed by atoms with Crippen LogP contribution in [0.3, 0.4) is 0 Å². The second-order valence-corrected chi connectivity index (χ2v) is 5.65. The second-order valence-electron chi connectivity index (χ2n) is 5.65. The number of rotatable bonds is 6. The number of pyridine rings is 1. The summed E-state index contributed by atoms with van der Waals surface area (Å²) in [7, 11) is 1.99. The van der Waals surface area contributed by atoms with E-state index >= 15 is 0 Å². The molecule has 112 valence electrons. The number of hydrogen-bond acceptors (Lipinski definition) is 4. The van der Waals surface area contributed by atoms with E-state index in [4.69, 9.17) is 0 Å². The fourth-order valence-electron chi connectivity index (χ4n) is 2.62. The van der Waals surface area contributed by atoms with Crippen molar-refractivity contribution >= 4 is 0 Å². The average molecular weight is 284 g/mol. The third-order valence-electron chi connectivity index (χ3n) is 3.64. The molecule has 0 aliphatic rings. The zero-order chi connectivity index (χ0) is 15.2. The standard InChI is InChI=1S/C17H24N4/c1-12(11-18-4)9-16-13(2)20-17(21-14(16)3)10-15-7-5-6-8-19-15/h5-8,12,18H,9-11H2,1-4H3. The van der Waals surface area contributed by atoms with Gasteiger partial charge < -0.3 is 5.32 Å². The fraction of sp³-hybridized carbons (Fsp3) is 0.471. The maximum Gasteiger partial charge on any atom is 0.134 e. The van der Waals surface area contributed by atoms with E-state index in [9.17, 15) is 0 Å². The largest absolute Gasteiger partial charge is 0.319 e. The van der Waals surface area contributed by atoms with Gasteiger partial charge in [-0.1, -0.05) is 13.0 Å². The third-order valence-corrected chi connectivity index (χ3v) is 3.64. The van der Waals surface area contributed by atoms with Crippen LogP contribution < -0.4 is 5.32 Å². The van der Waals surface area contributed by atoms with Crippen molar-refractivity contribution in [1.82, 2.24) is 20.3 Å². The second kappa shape index (κ2) is 7.27. The SMILES string of the molecule is CNCC(C)Cc1c(C)nc(Cc2ccccn2)nc1C. The Bertz CT molecular complexity index is 558. The highest BCUT2D eigenvalue weighted by Gasteiger charge is 2.12. The number of hydrogen-bond donors (Lipinski definition) is 1. The Balaban J connectivity index is 2.17. The zero-order valence-electron chi connectivity index (χ0n) is 13.3. The zero-order valence-corrected chi connectivity index (χ0v) is 13.3. The van der Waals surface area contributed by atoms with Crippen LogP contribution in [0.15, 0.2) is 24.4 Å². The van der Waals surface area contributed by atoms with Crippen LogP contribution in [-0.4, -0.2) is 28.5 Å². The quantitative estimate of drug-likeness (QED) is 0.885. The lowest BCUT2D eigenvalue weighted by Crippen LogP contribution is -2.19. The van der Waals surface area contributed by atoms with E-state index in [0.717, 1.165) is 35.9 Å². The third kappa shape index (κ3) is 4.33. The van der Waals surface area contributed by atoms with Crippen LogP contribution in [-0.2, 0) is 12.8 Å². The van der Waals surface area contributed by atoms with Crippen molar-refractivity contribution in [2.75, 3.05) is 13.6 Å². The molecule has 4 heteroatoms. The number of aryl methyl sites for hydroxylation is 2. The molecule has 0 saturated carbocycles. The normalized spacial score (nSPS) is 12.4. The molecule has 0 aliphatic heterocycles. The molecule has 1 N–H and O–H groups in total. The Hall–Kier alpha value is -1.81. The molecule has 0 fully saturated rings. The Labute approximate surface area is 127 Å². The predicted molar refractivity (Wildman–Crippen MR) is 85.3 cm³/mol. The van der Waals surface area contributed by atoms with Gasteiger partial charge in [-0.05, 0) is 57.5 Å². The van der Waals surface area contributed by atoms with E-state index in [2.05, 4.69) is 41.0 Å². The van der Waals surface area contributed by atoms with Gasteiger partial charge in [-0.3, -0.25) is 4.98 Å². The number of nitrogens with one attached hydrogen (secondary N) is 1. The van der Waals surface area contributed by atoms with Gasteiger partial charge in [-0.15, -0.1) is 0 Å². The van der Waals surface area contributed by atoms with Crippen LogP contribution >= 0.6 is 0 Å². The highest BCUT2D eigenvalue weighted by Crippen LogP contribution is 2.16. The van der Waals surface area contributed by atoms with Crippen molar-refractivity contribution in [1.29, 1.82) is 0 Å². The molecule has 0 radical (unpaired) electrons. The first kappa shape index (κ1) is 15.6. The van der Waals surface area contributed by atoms with Crippen molar-refractivity contribution in [2.45, 2.75) is 33.6 Å². The Morgan fingerprint density at radius 1 is 1.14 bits per heavy atom. The first-order valence-corrected chi connectivity index (χ1v) is 7.47. The number of aromatic nitrogens is 3. The summed E-state index contributed by atoms with van der Waals surface area (Å²) in [6.07, 6.45) is 3.51. The molecule has 0 amide bonds. The number of nitrogens with zero attached hydrogens (tertiary/aromatic N) is 3. The molecule has 0 aliphatic carbocycles. The van der Waals surface area contributed by atoms with Gasteiger partial charge >= 0.3 is 0 Å². The summed E-state index contributed by atoms with van der Waals surface area (Å²) in [5.41, 5.74) is 4.47. The summed E-state index contributed by atoms with van der Waals surface area (Å²) in [5, 5.41) is 3.22. The van der Waals surface area contributed by atoms with Crippen LogP contribution in [0.1, 0.15) is 35.4 Å². The Morgan fingerprint density at radius 3 is 2.43 bits per heavy atom. The topological polar surface area (TPSA) is 50.7 Å².